The van der Waals surface area contributed by atoms with Crippen LogP contribution < -0.4 is 14.4 Å². The molecule has 0 atom stereocenters. The largest absolute Gasteiger partial charge is 0.573 e. The fraction of sp³-hybridized carbons (Fsp3) is 0.348. The fourth-order valence-corrected chi connectivity index (χ4v) is 3.93. The minimum atomic E-state index is -4.79. The maximum Gasteiger partial charge on any atom is 0.573 e. The van der Waals surface area contributed by atoms with Crippen LogP contribution in [0, 0.1) is 6.92 Å². The number of hydrogen-bond donors (Lipinski definition) is 0. The summed E-state index contributed by atoms with van der Waals surface area (Å²) in [5, 5.41) is 4.05. The molecule has 0 aliphatic carbocycles. The van der Waals surface area contributed by atoms with E-state index in [1.165, 1.54) is 12.1 Å². The zero-order chi connectivity index (χ0) is 22.7. The van der Waals surface area contributed by atoms with Gasteiger partial charge in [-0.3, -0.25) is 4.90 Å². The van der Waals surface area contributed by atoms with E-state index in [2.05, 4.69) is 19.7 Å². The van der Waals surface area contributed by atoms with Gasteiger partial charge in [-0.05, 0) is 31.2 Å². The van der Waals surface area contributed by atoms with Crippen molar-refractivity contribution in [3.8, 4) is 22.8 Å². The van der Waals surface area contributed by atoms with Crippen LogP contribution in [0.5, 0.6) is 11.5 Å². The summed E-state index contributed by atoms with van der Waals surface area (Å²) >= 11 is 0. The lowest BCUT2D eigenvalue weighted by atomic mass is 10.0. The summed E-state index contributed by atoms with van der Waals surface area (Å²) in [5.74, 6) is 1.11. The first-order valence-corrected chi connectivity index (χ1v) is 10.3. The Balaban J connectivity index is 1.50. The molecule has 1 saturated heterocycles. The number of methoxy groups -OCH3 is 1. The second-order valence-electron chi connectivity index (χ2n) is 7.54. The molecule has 0 radical (unpaired) electrons. The first-order chi connectivity index (χ1) is 15.4. The third-order valence-corrected chi connectivity index (χ3v) is 5.53. The first kappa shape index (κ1) is 22.0. The highest BCUT2D eigenvalue weighted by Gasteiger charge is 2.33. The second-order valence-corrected chi connectivity index (χ2v) is 7.54. The summed E-state index contributed by atoms with van der Waals surface area (Å²) < 4.78 is 53.6. The highest BCUT2D eigenvalue weighted by Crippen LogP contribution is 2.36. The first-order valence-electron chi connectivity index (χ1n) is 10.3. The predicted molar refractivity (Wildman–Crippen MR) is 114 cm³/mol. The molecule has 1 aliphatic rings. The second kappa shape index (κ2) is 9.12. The molecule has 2 heterocycles. The number of para-hydroxylation sites is 3. The number of piperazine rings is 1. The van der Waals surface area contributed by atoms with Crippen molar-refractivity contribution < 1.29 is 27.2 Å². The molecule has 3 aromatic rings. The Hall–Kier alpha value is -3.20. The predicted octanol–water partition coefficient (Wildman–Crippen LogP) is 4.88. The minimum absolute atomic E-state index is 0.254. The summed E-state index contributed by atoms with van der Waals surface area (Å²) in [6, 6.07) is 13.9. The molecular formula is C23H24F3N3O3. The number of anilines is 1. The van der Waals surface area contributed by atoms with E-state index in [9.17, 15) is 13.2 Å². The summed E-state index contributed by atoms with van der Waals surface area (Å²) in [6.07, 6.45) is -4.79. The van der Waals surface area contributed by atoms with Crippen LogP contribution in [0.1, 0.15) is 11.3 Å². The summed E-state index contributed by atoms with van der Waals surface area (Å²) in [7, 11) is 1.66. The monoisotopic (exact) mass is 447 g/mol. The van der Waals surface area contributed by atoms with E-state index >= 15 is 0 Å². The molecule has 4 rings (SSSR count). The number of nitrogens with zero attached hydrogens (tertiary/aromatic N) is 3. The third-order valence-electron chi connectivity index (χ3n) is 5.53. The molecule has 6 nitrogen and oxygen atoms in total. The van der Waals surface area contributed by atoms with Crippen LogP contribution in [0.4, 0.5) is 18.9 Å². The van der Waals surface area contributed by atoms with Crippen LogP contribution >= 0.6 is 0 Å². The Kier molecular flexibility index (Phi) is 6.27. The Labute approximate surface area is 184 Å². The number of aromatic nitrogens is 1. The average Bonchev–Trinajstić information content (AvgIpc) is 3.13. The van der Waals surface area contributed by atoms with Crippen molar-refractivity contribution in [2.24, 2.45) is 0 Å². The number of ether oxygens (including phenoxy) is 2. The smallest absolute Gasteiger partial charge is 0.495 e. The Morgan fingerprint density at radius 2 is 1.62 bits per heavy atom. The van der Waals surface area contributed by atoms with E-state index in [4.69, 9.17) is 9.26 Å². The van der Waals surface area contributed by atoms with Crippen molar-refractivity contribution in [3.63, 3.8) is 0 Å². The lowest BCUT2D eigenvalue weighted by Crippen LogP contribution is -2.46. The molecule has 0 unspecified atom stereocenters. The van der Waals surface area contributed by atoms with Crippen LogP contribution in [0.15, 0.2) is 53.1 Å². The SMILES string of the molecule is COc1ccccc1N1CCN(Cc2c(-c3ccccc3OC(F)(F)F)noc2C)CC1. The molecule has 0 N–H and O–H groups in total. The molecule has 1 fully saturated rings. The summed E-state index contributed by atoms with van der Waals surface area (Å²) in [6.45, 7) is 5.45. The van der Waals surface area contributed by atoms with E-state index < -0.39 is 6.36 Å². The Morgan fingerprint density at radius 1 is 0.969 bits per heavy atom. The molecule has 1 aliphatic heterocycles. The van der Waals surface area contributed by atoms with E-state index in [1.54, 1.807) is 26.2 Å². The number of halogens is 3. The van der Waals surface area contributed by atoms with E-state index in [1.807, 2.05) is 24.3 Å². The van der Waals surface area contributed by atoms with Gasteiger partial charge in [0.15, 0.2) is 0 Å². The van der Waals surface area contributed by atoms with E-state index in [-0.39, 0.29) is 11.3 Å². The lowest BCUT2D eigenvalue weighted by molar-refractivity contribution is -0.274. The number of rotatable bonds is 6. The van der Waals surface area contributed by atoms with Crippen molar-refractivity contribution in [2.45, 2.75) is 19.8 Å². The van der Waals surface area contributed by atoms with Gasteiger partial charge in [0.05, 0.1) is 12.8 Å². The van der Waals surface area contributed by atoms with Crippen molar-refractivity contribution >= 4 is 5.69 Å². The van der Waals surface area contributed by atoms with Crippen molar-refractivity contribution in [3.05, 3.63) is 59.9 Å². The molecule has 9 heteroatoms. The maximum absolute atomic E-state index is 12.9. The zero-order valence-corrected chi connectivity index (χ0v) is 17.9. The van der Waals surface area contributed by atoms with Crippen molar-refractivity contribution in [1.29, 1.82) is 0 Å². The van der Waals surface area contributed by atoms with Crippen LogP contribution in [0.25, 0.3) is 11.3 Å². The molecule has 2 aromatic carbocycles. The minimum Gasteiger partial charge on any atom is -0.495 e. The molecule has 32 heavy (non-hydrogen) atoms. The molecule has 0 bridgehead atoms. The van der Waals surface area contributed by atoms with Gasteiger partial charge in [-0.15, -0.1) is 13.2 Å². The van der Waals surface area contributed by atoms with Gasteiger partial charge in [-0.25, -0.2) is 0 Å². The molecule has 0 saturated carbocycles. The molecule has 0 spiro atoms. The van der Waals surface area contributed by atoms with Crippen molar-refractivity contribution in [1.82, 2.24) is 10.1 Å². The summed E-state index contributed by atoms with van der Waals surface area (Å²) in [4.78, 5) is 4.51. The highest BCUT2D eigenvalue weighted by molar-refractivity contribution is 5.70. The van der Waals surface area contributed by atoms with Crippen LogP contribution in [-0.2, 0) is 6.54 Å². The van der Waals surface area contributed by atoms with Gasteiger partial charge in [0.25, 0.3) is 0 Å². The van der Waals surface area contributed by atoms with Gasteiger partial charge >= 0.3 is 6.36 Å². The standard InChI is InChI=1S/C23H24F3N3O3/c1-16-18(22(27-32-16)17-7-3-5-9-20(17)31-23(24,25)26)15-28-11-13-29(14-12-28)19-8-4-6-10-21(19)30-2/h3-10H,11-15H2,1-2H3. The average molecular weight is 447 g/mol. The molecular weight excluding hydrogens is 423 g/mol. The van der Waals surface area contributed by atoms with Gasteiger partial charge in [-0.2, -0.15) is 0 Å². The van der Waals surface area contributed by atoms with E-state index in [0.29, 0.717) is 18.0 Å². The van der Waals surface area contributed by atoms with Gasteiger partial charge in [0, 0.05) is 43.9 Å². The number of alkyl halides is 3. The van der Waals surface area contributed by atoms with Gasteiger partial charge in [0.2, 0.25) is 0 Å². The molecule has 1 aromatic heterocycles. The maximum atomic E-state index is 12.9. The Morgan fingerprint density at radius 3 is 2.31 bits per heavy atom. The van der Waals surface area contributed by atoms with Crippen molar-refractivity contribution in [2.75, 3.05) is 38.2 Å². The van der Waals surface area contributed by atoms with Crippen LogP contribution in [0.3, 0.4) is 0 Å². The quantitative estimate of drug-likeness (QED) is 0.537. The van der Waals surface area contributed by atoms with Crippen LogP contribution in [0.2, 0.25) is 0 Å². The molecule has 0 amide bonds. The lowest BCUT2D eigenvalue weighted by Gasteiger charge is -2.36. The highest BCUT2D eigenvalue weighted by atomic mass is 19.4. The zero-order valence-electron chi connectivity index (χ0n) is 17.9. The number of benzene rings is 2. The fourth-order valence-electron chi connectivity index (χ4n) is 3.93. The van der Waals surface area contributed by atoms with Gasteiger partial charge < -0.3 is 18.9 Å². The number of hydrogen-bond acceptors (Lipinski definition) is 6. The number of aryl methyl sites for hydroxylation is 1. The van der Waals surface area contributed by atoms with E-state index in [0.717, 1.165) is 43.2 Å². The van der Waals surface area contributed by atoms with Gasteiger partial charge in [0.1, 0.15) is 23.0 Å². The summed E-state index contributed by atoms with van der Waals surface area (Å²) in [5.41, 5.74) is 2.43. The topological polar surface area (TPSA) is 51.0 Å². The van der Waals surface area contributed by atoms with Gasteiger partial charge in [-0.1, -0.05) is 29.4 Å². The Bertz CT molecular complexity index is 1060. The van der Waals surface area contributed by atoms with Crippen LogP contribution in [-0.4, -0.2) is 49.7 Å². The normalized spacial score (nSPS) is 15.1. The third kappa shape index (κ3) is 4.83. The molecule has 170 valence electrons.